The van der Waals surface area contributed by atoms with Gasteiger partial charge in [-0.3, -0.25) is 10.1 Å². The van der Waals surface area contributed by atoms with Crippen LogP contribution in [0.3, 0.4) is 0 Å². The number of amides is 2. The van der Waals surface area contributed by atoms with E-state index in [-0.39, 0.29) is 24.6 Å². The number of unbranched alkanes of at least 4 members (excludes halogenated alkanes) is 2. The predicted molar refractivity (Wildman–Crippen MR) is 206 cm³/mol. The largest absolute Gasteiger partial charge is 0.457 e. The third kappa shape index (κ3) is 12.1. The van der Waals surface area contributed by atoms with E-state index in [1.165, 1.54) is 0 Å². The topological polar surface area (TPSA) is 91.4 Å². The van der Waals surface area contributed by atoms with Crippen LogP contribution in [0.25, 0.3) is 11.1 Å². The second-order valence-corrected chi connectivity index (χ2v) is 13.6. The number of likely N-dealkylation sites (N-methyl/N-ethyl adjacent to an activating group) is 1. The Kier molecular flexibility index (Phi) is 14.8. The molecule has 0 unspecified atom stereocenters. The van der Waals surface area contributed by atoms with Crippen LogP contribution in [0, 0.1) is 0 Å². The SMILES string of the molecule is CN(CCCCCC(=O)N(C)CCN1CCC(OC(=O)Nc2ccccc2-c2ccccc2)CC1)Cc1ccccc1C(=O)OCc1ccccc1. The summed E-state index contributed by atoms with van der Waals surface area (Å²) in [6.07, 6.45) is 4.30. The Morgan fingerprint density at radius 3 is 2.21 bits per heavy atom. The van der Waals surface area contributed by atoms with Gasteiger partial charge < -0.3 is 24.2 Å². The number of esters is 1. The van der Waals surface area contributed by atoms with E-state index in [0.717, 1.165) is 86.2 Å². The second-order valence-electron chi connectivity index (χ2n) is 13.6. The van der Waals surface area contributed by atoms with Crippen LogP contribution in [0.1, 0.15) is 60.0 Å². The Morgan fingerprint density at radius 2 is 1.44 bits per heavy atom. The van der Waals surface area contributed by atoms with E-state index in [0.29, 0.717) is 25.1 Å². The van der Waals surface area contributed by atoms with Crippen molar-refractivity contribution in [3.8, 4) is 11.1 Å². The average Bonchev–Trinajstić information content (AvgIpc) is 3.17. The van der Waals surface area contributed by atoms with E-state index >= 15 is 0 Å². The zero-order chi connectivity index (χ0) is 36.5. The molecule has 1 saturated heterocycles. The second kappa shape index (κ2) is 20.2. The summed E-state index contributed by atoms with van der Waals surface area (Å²) < 4.78 is 11.4. The Hall–Kier alpha value is -4.99. The molecule has 0 aliphatic carbocycles. The fraction of sp³-hybridized carbons (Fsp3) is 0.372. The van der Waals surface area contributed by atoms with Gasteiger partial charge in [0, 0.05) is 51.8 Å². The molecule has 1 aliphatic rings. The van der Waals surface area contributed by atoms with E-state index in [4.69, 9.17) is 9.47 Å². The number of nitrogens with zero attached hydrogens (tertiary/aromatic N) is 3. The van der Waals surface area contributed by atoms with Crippen molar-refractivity contribution in [2.75, 3.05) is 52.1 Å². The number of benzene rings is 4. The van der Waals surface area contributed by atoms with Gasteiger partial charge in [-0.05, 0) is 68.1 Å². The number of piperidine rings is 1. The molecule has 0 radical (unpaired) electrons. The molecule has 4 aromatic rings. The van der Waals surface area contributed by atoms with Crippen molar-refractivity contribution >= 4 is 23.7 Å². The molecule has 0 bridgehead atoms. The zero-order valence-electron chi connectivity index (χ0n) is 30.5. The average molecular weight is 705 g/mol. The van der Waals surface area contributed by atoms with Crippen molar-refractivity contribution in [2.45, 2.75) is 57.8 Å². The first kappa shape index (κ1) is 38.2. The molecule has 5 rings (SSSR count). The molecule has 9 nitrogen and oxygen atoms in total. The summed E-state index contributed by atoms with van der Waals surface area (Å²) in [5, 5.41) is 2.94. The lowest BCUT2D eigenvalue weighted by molar-refractivity contribution is -0.130. The van der Waals surface area contributed by atoms with E-state index in [1.807, 2.05) is 121 Å². The van der Waals surface area contributed by atoms with Crippen LogP contribution in [0.2, 0.25) is 0 Å². The molecule has 0 saturated carbocycles. The molecule has 1 fully saturated rings. The maximum absolute atomic E-state index is 12.8. The van der Waals surface area contributed by atoms with E-state index in [9.17, 15) is 14.4 Å². The summed E-state index contributed by atoms with van der Waals surface area (Å²) in [7, 11) is 3.94. The third-order valence-electron chi connectivity index (χ3n) is 9.56. The molecule has 4 aromatic carbocycles. The van der Waals surface area contributed by atoms with Gasteiger partial charge in [0.15, 0.2) is 0 Å². The summed E-state index contributed by atoms with van der Waals surface area (Å²) >= 11 is 0. The first-order valence-electron chi connectivity index (χ1n) is 18.4. The zero-order valence-corrected chi connectivity index (χ0v) is 30.5. The van der Waals surface area contributed by atoms with Gasteiger partial charge in [0.1, 0.15) is 12.7 Å². The Morgan fingerprint density at radius 1 is 0.769 bits per heavy atom. The van der Waals surface area contributed by atoms with Crippen molar-refractivity contribution in [2.24, 2.45) is 0 Å². The molecular formula is C43H52N4O5. The minimum absolute atomic E-state index is 0.130. The summed E-state index contributed by atoms with van der Waals surface area (Å²) in [6, 6.07) is 35.0. The smallest absolute Gasteiger partial charge is 0.411 e. The first-order chi connectivity index (χ1) is 25.4. The number of hydrogen-bond acceptors (Lipinski definition) is 7. The fourth-order valence-corrected chi connectivity index (χ4v) is 6.47. The Balaban J connectivity index is 0.927. The number of para-hydroxylation sites is 1. The predicted octanol–water partition coefficient (Wildman–Crippen LogP) is 7.87. The van der Waals surface area contributed by atoms with E-state index < -0.39 is 6.09 Å². The van der Waals surface area contributed by atoms with Crippen molar-refractivity contribution in [3.05, 3.63) is 126 Å². The van der Waals surface area contributed by atoms with Gasteiger partial charge in [0.2, 0.25) is 5.91 Å². The molecule has 0 atom stereocenters. The number of hydrogen-bond donors (Lipinski definition) is 1. The monoisotopic (exact) mass is 704 g/mol. The molecule has 1 heterocycles. The number of likely N-dealkylation sites (tertiary alicyclic amines) is 1. The molecule has 2 amide bonds. The maximum Gasteiger partial charge on any atom is 0.411 e. The van der Waals surface area contributed by atoms with Crippen LogP contribution in [-0.4, -0.2) is 85.6 Å². The normalized spacial score (nSPS) is 13.4. The Bertz CT molecular complexity index is 1710. The summed E-state index contributed by atoms with van der Waals surface area (Å²) in [6.45, 7) is 4.91. The highest BCUT2D eigenvalue weighted by Gasteiger charge is 2.23. The van der Waals surface area contributed by atoms with Gasteiger partial charge in [0.05, 0.1) is 11.3 Å². The van der Waals surface area contributed by atoms with Gasteiger partial charge in [-0.1, -0.05) is 103 Å². The van der Waals surface area contributed by atoms with Gasteiger partial charge in [-0.15, -0.1) is 0 Å². The number of rotatable bonds is 17. The highest BCUT2D eigenvalue weighted by molar-refractivity contribution is 5.92. The summed E-state index contributed by atoms with van der Waals surface area (Å²) in [5.74, 6) is -0.141. The van der Waals surface area contributed by atoms with Crippen molar-refractivity contribution in [1.82, 2.24) is 14.7 Å². The van der Waals surface area contributed by atoms with E-state index in [1.54, 1.807) is 0 Å². The van der Waals surface area contributed by atoms with E-state index in [2.05, 4.69) is 22.2 Å². The molecule has 9 heteroatoms. The lowest BCUT2D eigenvalue weighted by atomic mass is 10.0. The number of carbonyl (C=O) groups is 3. The standard InChI is InChI=1S/C43H52N4O5/c1-45(32-36-20-11-12-22-39(36)42(49)51-33-34-16-6-3-7-17-34)27-15-5-10-24-41(48)46(2)30-31-47-28-25-37(26-29-47)52-43(50)44-40-23-14-13-21-38(40)35-18-8-4-9-19-35/h3-4,6-9,11-14,16-23,37H,5,10,15,24-33H2,1-2H3,(H,44,50). The summed E-state index contributed by atoms with van der Waals surface area (Å²) in [4.78, 5) is 44.8. The van der Waals surface area contributed by atoms with Gasteiger partial charge in [-0.2, -0.15) is 0 Å². The molecule has 52 heavy (non-hydrogen) atoms. The van der Waals surface area contributed by atoms with Gasteiger partial charge >= 0.3 is 12.1 Å². The number of carbonyl (C=O) groups excluding carboxylic acids is 3. The maximum atomic E-state index is 12.8. The highest BCUT2D eigenvalue weighted by Crippen LogP contribution is 2.28. The highest BCUT2D eigenvalue weighted by atomic mass is 16.6. The fourth-order valence-electron chi connectivity index (χ4n) is 6.47. The molecule has 0 aromatic heterocycles. The van der Waals surface area contributed by atoms with Crippen molar-refractivity contribution in [3.63, 3.8) is 0 Å². The summed E-state index contributed by atoms with van der Waals surface area (Å²) in [5.41, 5.74) is 5.23. The van der Waals surface area contributed by atoms with Crippen LogP contribution >= 0.6 is 0 Å². The lowest BCUT2D eigenvalue weighted by Gasteiger charge is -2.32. The molecule has 1 N–H and O–H groups in total. The quantitative estimate of drug-likeness (QED) is 0.0884. The first-order valence-corrected chi connectivity index (χ1v) is 18.4. The third-order valence-corrected chi connectivity index (χ3v) is 9.56. The molecule has 0 spiro atoms. The van der Waals surface area contributed by atoms with Gasteiger partial charge in [-0.25, -0.2) is 9.59 Å². The van der Waals surface area contributed by atoms with Crippen LogP contribution in [0.4, 0.5) is 10.5 Å². The van der Waals surface area contributed by atoms with Gasteiger partial charge in [0.25, 0.3) is 0 Å². The number of anilines is 1. The van der Waals surface area contributed by atoms with Crippen LogP contribution in [0.5, 0.6) is 0 Å². The number of ether oxygens (including phenoxy) is 2. The molecular weight excluding hydrogens is 652 g/mol. The van der Waals surface area contributed by atoms with Crippen molar-refractivity contribution in [1.29, 1.82) is 0 Å². The Labute approximate surface area is 308 Å². The molecule has 274 valence electrons. The lowest BCUT2D eigenvalue weighted by Crippen LogP contribution is -2.42. The minimum atomic E-state index is -0.430. The number of nitrogens with one attached hydrogen (secondary N) is 1. The van der Waals surface area contributed by atoms with Crippen LogP contribution < -0.4 is 5.32 Å². The molecule has 1 aliphatic heterocycles. The van der Waals surface area contributed by atoms with Crippen LogP contribution in [0.15, 0.2) is 109 Å². The van der Waals surface area contributed by atoms with Crippen molar-refractivity contribution < 1.29 is 23.9 Å². The van der Waals surface area contributed by atoms with Crippen LogP contribution in [-0.2, 0) is 27.4 Å². The minimum Gasteiger partial charge on any atom is -0.457 e.